The van der Waals surface area contributed by atoms with Crippen molar-refractivity contribution < 1.29 is 4.79 Å². The Bertz CT molecular complexity index is 438. The van der Waals surface area contributed by atoms with Gasteiger partial charge in [-0.1, -0.05) is 36.8 Å². The van der Waals surface area contributed by atoms with Crippen LogP contribution in [0.3, 0.4) is 0 Å². The summed E-state index contributed by atoms with van der Waals surface area (Å²) >= 11 is 0. The van der Waals surface area contributed by atoms with Crippen LogP contribution >= 0.6 is 12.4 Å². The molecule has 2 atom stereocenters. The Morgan fingerprint density at radius 3 is 2.55 bits per heavy atom. The van der Waals surface area contributed by atoms with E-state index >= 15 is 0 Å². The van der Waals surface area contributed by atoms with Gasteiger partial charge in [0.2, 0.25) is 5.91 Å². The molecule has 3 nitrogen and oxygen atoms in total. The Morgan fingerprint density at radius 2 is 2.05 bits per heavy atom. The fourth-order valence-corrected chi connectivity index (χ4v) is 2.74. The summed E-state index contributed by atoms with van der Waals surface area (Å²) in [4.78, 5) is 12.5. The predicted molar refractivity (Wildman–Crippen MR) is 85.2 cm³/mol. The van der Waals surface area contributed by atoms with Crippen LogP contribution in [-0.4, -0.2) is 18.0 Å². The lowest BCUT2D eigenvalue weighted by molar-refractivity contribution is -0.128. The van der Waals surface area contributed by atoms with E-state index in [4.69, 9.17) is 0 Å². The smallest absolute Gasteiger partial charge is 0.240 e. The van der Waals surface area contributed by atoms with Gasteiger partial charge in [-0.3, -0.25) is 4.79 Å². The first kappa shape index (κ1) is 17.0. The van der Waals surface area contributed by atoms with E-state index < -0.39 is 0 Å². The van der Waals surface area contributed by atoms with Crippen LogP contribution in [0, 0.1) is 6.92 Å². The fraction of sp³-hybridized carbons (Fsp3) is 0.562. The summed E-state index contributed by atoms with van der Waals surface area (Å²) in [5.74, 6) is 0.139. The molecule has 0 aromatic heterocycles. The minimum absolute atomic E-state index is 0. The van der Waals surface area contributed by atoms with Gasteiger partial charge in [0.05, 0.1) is 11.6 Å². The van der Waals surface area contributed by atoms with Crippen LogP contribution in [0.25, 0.3) is 0 Å². The summed E-state index contributed by atoms with van der Waals surface area (Å²) in [6, 6.07) is 8.39. The molecule has 1 amide bonds. The average molecular weight is 297 g/mol. The minimum Gasteiger partial charge on any atom is -0.348 e. The topological polar surface area (TPSA) is 41.1 Å². The molecule has 0 spiro atoms. The molecule has 1 aliphatic heterocycles. The van der Waals surface area contributed by atoms with Crippen LogP contribution < -0.4 is 10.6 Å². The van der Waals surface area contributed by atoms with Crippen molar-refractivity contribution in [1.82, 2.24) is 10.6 Å². The molecule has 20 heavy (non-hydrogen) atoms. The molecule has 0 aliphatic carbocycles. The largest absolute Gasteiger partial charge is 0.348 e. The lowest BCUT2D eigenvalue weighted by atomic mass is 9.92. The summed E-state index contributed by atoms with van der Waals surface area (Å²) in [7, 11) is 0. The third kappa shape index (κ3) is 3.53. The van der Waals surface area contributed by atoms with Gasteiger partial charge in [0.15, 0.2) is 0 Å². The van der Waals surface area contributed by atoms with Crippen molar-refractivity contribution in [2.75, 3.05) is 6.54 Å². The molecular weight excluding hydrogens is 272 g/mol. The lowest BCUT2D eigenvalue weighted by Gasteiger charge is -2.28. The van der Waals surface area contributed by atoms with Gasteiger partial charge in [0.1, 0.15) is 0 Å². The molecule has 1 aromatic rings. The van der Waals surface area contributed by atoms with Crippen LogP contribution in [0.5, 0.6) is 0 Å². The minimum atomic E-state index is -0.348. The zero-order valence-electron chi connectivity index (χ0n) is 12.5. The Hall–Kier alpha value is -1.06. The Labute approximate surface area is 127 Å². The number of carbonyl (C=O) groups is 1. The van der Waals surface area contributed by atoms with Crippen LogP contribution in [0.4, 0.5) is 0 Å². The fourth-order valence-electron chi connectivity index (χ4n) is 2.74. The summed E-state index contributed by atoms with van der Waals surface area (Å²) in [5.41, 5.74) is 2.05. The zero-order valence-corrected chi connectivity index (χ0v) is 13.3. The summed E-state index contributed by atoms with van der Waals surface area (Å²) in [5, 5.41) is 6.52. The Morgan fingerprint density at radius 1 is 1.40 bits per heavy atom. The normalized spacial score (nSPS) is 22.9. The zero-order chi connectivity index (χ0) is 13.9. The average Bonchev–Trinajstić information content (AvgIpc) is 2.89. The highest BCUT2D eigenvalue weighted by atomic mass is 35.5. The third-order valence-corrected chi connectivity index (χ3v) is 4.21. The highest BCUT2D eigenvalue weighted by Crippen LogP contribution is 2.24. The van der Waals surface area contributed by atoms with Gasteiger partial charge >= 0.3 is 0 Å². The summed E-state index contributed by atoms with van der Waals surface area (Å²) < 4.78 is 0. The van der Waals surface area contributed by atoms with E-state index in [9.17, 15) is 4.79 Å². The van der Waals surface area contributed by atoms with Crippen molar-refractivity contribution in [3.05, 3.63) is 35.4 Å². The second-order valence-corrected chi connectivity index (χ2v) is 5.57. The summed E-state index contributed by atoms with van der Waals surface area (Å²) in [6.07, 6.45) is 2.87. The molecule has 0 radical (unpaired) electrons. The molecular formula is C16H25ClN2O. The first-order chi connectivity index (χ1) is 9.07. The third-order valence-electron chi connectivity index (χ3n) is 4.21. The van der Waals surface area contributed by atoms with E-state index in [0.717, 1.165) is 31.4 Å². The molecule has 1 heterocycles. The SMILES string of the molecule is CCC1(C(=O)NC(C)c2ccc(C)cc2)CCCN1.Cl. The molecule has 0 saturated carbocycles. The van der Waals surface area contributed by atoms with Gasteiger partial charge in [-0.25, -0.2) is 0 Å². The van der Waals surface area contributed by atoms with Crippen LogP contribution in [0.2, 0.25) is 0 Å². The van der Waals surface area contributed by atoms with Gasteiger partial charge in [-0.15, -0.1) is 12.4 Å². The molecule has 1 aliphatic rings. The van der Waals surface area contributed by atoms with Crippen LogP contribution in [0.15, 0.2) is 24.3 Å². The molecule has 1 aromatic carbocycles. The highest BCUT2D eigenvalue weighted by Gasteiger charge is 2.39. The molecule has 2 rings (SSSR count). The van der Waals surface area contributed by atoms with Crippen molar-refractivity contribution in [3.63, 3.8) is 0 Å². The van der Waals surface area contributed by atoms with E-state index in [1.807, 2.05) is 6.92 Å². The lowest BCUT2D eigenvalue weighted by Crippen LogP contribution is -2.53. The number of benzene rings is 1. The highest BCUT2D eigenvalue weighted by molar-refractivity contribution is 5.87. The molecule has 112 valence electrons. The van der Waals surface area contributed by atoms with Crippen LogP contribution in [0.1, 0.15) is 50.3 Å². The van der Waals surface area contributed by atoms with Crippen molar-refractivity contribution in [3.8, 4) is 0 Å². The van der Waals surface area contributed by atoms with Gasteiger partial charge in [0, 0.05) is 0 Å². The number of aryl methyl sites for hydroxylation is 1. The van der Waals surface area contributed by atoms with E-state index in [-0.39, 0.29) is 29.9 Å². The van der Waals surface area contributed by atoms with Crippen LogP contribution in [-0.2, 0) is 4.79 Å². The molecule has 4 heteroatoms. The maximum absolute atomic E-state index is 12.5. The Kier molecular flexibility index (Phi) is 6.03. The number of amides is 1. The first-order valence-electron chi connectivity index (χ1n) is 7.20. The number of nitrogens with one attached hydrogen (secondary N) is 2. The number of halogens is 1. The quantitative estimate of drug-likeness (QED) is 0.896. The van der Waals surface area contributed by atoms with E-state index in [1.165, 1.54) is 5.56 Å². The van der Waals surface area contributed by atoms with Gasteiger partial charge in [-0.2, -0.15) is 0 Å². The number of hydrogen-bond donors (Lipinski definition) is 2. The monoisotopic (exact) mass is 296 g/mol. The second-order valence-electron chi connectivity index (χ2n) is 5.57. The molecule has 2 unspecified atom stereocenters. The van der Waals surface area contributed by atoms with Gasteiger partial charge < -0.3 is 10.6 Å². The number of rotatable bonds is 4. The standard InChI is InChI=1S/C16H24N2O.ClH/c1-4-16(10-5-11-17-16)15(19)18-13(3)14-8-6-12(2)7-9-14;/h6-9,13,17H,4-5,10-11H2,1-3H3,(H,18,19);1H. The van der Waals surface area contributed by atoms with E-state index in [2.05, 4.69) is 48.7 Å². The van der Waals surface area contributed by atoms with Gasteiger partial charge in [-0.05, 0) is 45.2 Å². The maximum Gasteiger partial charge on any atom is 0.240 e. The number of carbonyl (C=O) groups excluding carboxylic acids is 1. The van der Waals surface area contributed by atoms with Crippen molar-refractivity contribution in [2.24, 2.45) is 0 Å². The summed E-state index contributed by atoms with van der Waals surface area (Å²) in [6.45, 7) is 7.14. The molecule has 0 bridgehead atoms. The Balaban J connectivity index is 0.00000200. The predicted octanol–water partition coefficient (Wildman–Crippen LogP) is 3.13. The first-order valence-corrected chi connectivity index (χ1v) is 7.20. The second kappa shape index (κ2) is 7.09. The molecule has 2 N–H and O–H groups in total. The van der Waals surface area contributed by atoms with E-state index in [1.54, 1.807) is 0 Å². The van der Waals surface area contributed by atoms with Crippen molar-refractivity contribution in [1.29, 1.82) is 0 Å². The van der Waals surface area contributed by atoms with E-state index in [0.29, 0.717) is 0 Å². The van der Waals surface area contributed by atoms with Crippen molar-refractivity contribution >= 4 is 18.3 Å². The molecule has 1 saturated heterocycles. The molecule has 1 fully saturated rings. The number of hydrogen-bond acceptors (Lipinski definition) is 2. The van der Waals surface area contributed by atoms with Crippen molar-refractivity contribution in [2.45, 2.75) is 51.6 Å². The van der Waals surface area contributed by atoms with Gasteiger partial charge in [0.25, 0.3) is 0 Å². The maximum atomic E-state index is 12.5.